The molecule has 0 aromatic carbocycles. The van der Waals surface area contributed by atoms with E-state index >= 15 is 0 Å². The van der Waals surface area contributed by atoms with Crippen LogP contribution in [0.25, 0.3) is 0 Å². The Bertz CT molecular complexity index is 268. The lowest BCUT2D eigenvalue weighted by Gasteiger charge is -2.24. The first-order chi connectivity index (χ1) is 7.38. The normalized spacial score (nSPS) is 18.2. The van der Waals surface area contributed by atoms with E-state index in [1.54, 1.807) is 4.90 Å². The van der Waals surface area contributed by atoms with Crippen molar-refractivity contribution in [3.8, 4) is 0 Å². The lowest BCUT2D eigenvalue weighted by Crippen LogP contribution is -2.38. The molecule has 0 aliphatic carbocycles. The number of carbonyl (C=O) groups excluding carboxylic acids is 2. The van der Waals surface area contributed by atoms with E-state index < -0.39 is 5.60 Å². The Morgan fingerprint density at radius 3 is 2.62 bits per heavy atom. The van der Waals surface area contributed by atoms with Gasteiger partial charge in [0.25, 0.3) is 0 Å². The third-order valence-corrected chi connectivity index (χ3v) is 2.41. The molecular weight excluding hydrogens is 206 g/mol. The van der Waals surface area contributed by atoms with Crippen molar-refractivity contribution in [3.05, 3.63) is 0 Å². The molecule has 1 fully saturated rings. The smallest absolute Gasteiger partial charge is 0.326 e. The Morgan fingerprint density at radius 1 is 1.31 bits per heavy atom. The van der Waals surface area contributed by atoms with Gasteiger partial charge in [0.05, 0.1) is 0 Å². The number of likely N-dealkylation sites (tertiary alicyclic amines) is 1. The van der Waals surface area contributed by atoms with Crippen LogP contribution in [0.5, 0.6) is 0 Å². The SMILES string of the molecule is CC(C)(C)OC(=O)CN1CCCCCC1=O. The van der Waals surface area contributed by atoms with Crippen LogP contribution in [-0.4, -0.2) is 35.5 Å². The Hall–Kier alpha value is -1.06. The van der Waals surface area contributed by atoms with Gasteiger partial charge in [-0.05, 0) is 33.6 Å². The molecule has 92 valence electrons. The number of carbonyl (C=O) groups is 2. The minimum absolute atomic E-state index is 0.0726. The van der Waals surface area contributed by atoms with E-state index in [9.17, 15) is 9.59 Å². The monoisotopic (exact) mass is 227 g/mol. The highest BCUT2D eigenvalue weighted by Crippen LogP contribution is 2.12. The first-order valence-corrected chi connectivity index (χ1v) is 5.88. The minimum atomic E-state index is -0.480. The molecule has 4 nitrogen and oxygen atoms in total. The second kappa shape index (κ2) is 5.32. The fourth-order valence-electron chi connectivity index (χ4n) is 1.74. The fourth-order valence-corrected chi connectivity index (χ4v) is 1.74. The summed E-state index contributed by atoms with van der Waals surface area (Å²) < 4.78 is 5.20. The quantitative estimate of drug-likeness (QED) is 0.675. The number of rotatable bonds is 2. The van der Waals surface area contributed by atoms with Gasteiger partial charge in [0.2, 0.25) is 5.91 Å². The topological polar surface area (TPSA) is 46.6 Å². The highest BCUT2D eigenvalue weighted by Gasteiger charge is 2.22. The van der Waals surface area contributed by atoms with E-state index in [-0.39, 0.29) is 18.4 Å². The lowest BCUT2D eigenvalue weighted by atomic mass is 10.2. The first kappa shape index (κ1) is 13.0. The van der Waals surface area contributed by atoms with Crippen LogP contribution >= 0.6 is 0 Å². The van der Waals surface area contributed by atoms with Gasteiger partial charge in [-0.15, -0.1) is 0 Å². The number of amides is 1. The molecule has 0 aromatic rings. The average Bonchev–Trinajstić information content (AvgIpc) is 2.29. The molecule has 1 amide bonds. The third-order valence-electron chi connectivity index (χ3n) is 2.41. The van der Waals surface area contributed by atoms with E-state index in [4.69, 9.17) is 4.74 Å². The molecule has 1 saturated heterocycles. The highest BCUT2D eigenvalue weighted by molar-refractivity contribution is 5.82. The molecule has 0 bridgehead atoms. The van der Waals surface area contributed by atoms with Gasteiger partial charge < -0.3 is 9.64 Å². The standard InChI is InChI=1S/C12H21NO3/c1-12(2,3)16-11(15)9-13-8-6-4-5-7-10(13)14/h4-9H2,1-3H3. The Kier molecular flexibility index (Phi) is 4.33. The number of hydrogen-bond acceptors (Lipinski definition) is 3. The Balaban J connectivity index is 2.45. The Morgan fingerprint density at radius 2 is 2.00 bits per heavy atom. The molecule has 0 unspecified atom stereocenters. The van der Waals surface area contributed by atoms with Gasteiger partial charge >= 0.3 is 5.97 Å². The lowest BCUT2D eigenvalue weighted by molar-refractivity contribution is -0.158. The van der Waals surface area contributed by atoms with Crippen molar-refractivity contribution in [3.63, 3.8) is 0 Å². The van der Waals surface area contributed by atoms with Gasteiger partial charge in [0, 0.05) is 13.0 Å². The number of esters is 1. The summed E-state index contributed by atoms with van der Waals surface area (Å²) in [5.41, 5.74) is -0.480. The van der Waals surface area contributed by atoms with Crippen LogP contribution in [0.3, 0.4) is 0 Å². The number of hydrogen-bond donors (Lipinski definition) is 0. The van der Waals surface area contributed by atoms with Crippen LogP contribution in [0.2, 0.25) is 0 Å². The zero-order valence-electron chi connectivity index (χ0n) is 10.4. The van der Waals surface area contributed by atoms with Crippen molar-refractivity contribution in [1.29, 1.82) is 0 Å². The number of nitrogens with zero attached hydrogens (tertiary/aromatic N) is 1. The molecule has 0 atom stereocenters. The van der Waals surface area contributed by atoms with E-state index in [2.05, 4.69) is 0 Å². The van der Waals surface area contributed by atoms with Crippen molar-refractivity contribution in [2.45, 2.75) is 52.1 Å². The van der Waals surface area contributed by atoms with Crippen LogP contribution in [-0.2, 0) is 14.3 Å². The summed E-state index contributed by atoms with van der Waals surface area (Å²) in [6.45, 7) is 6.26. The predicted molar refractivity (Wildman–Crippen MR) is 60.9 cm³/mol. The molecule has 1 aliphatic heterocycles. The largest absolute Gasteiger partial charge is 0.459 e. The second-order valence-corrected chi connectivity index (χ2v) is 5.21. The second-order valence-electron chi connectivity index (χ2n) is 5.21. The summed E-state index contributed by atoms with van der Waals surface area (Å²) in [6, 6.07) is 0. The first-order valence-electron chi connectivity index (χ1n) is 5.88. The van der Waals surface area contributed by atoms with Gasteiger partial charge in [-0.3, -0.25) is 9.59 Å². The third kappa shape index (κ3) is 4.64. The molecule has 0 spiro atoms. The van der Waals surface area contributed by atoms with Gasteiger partial charge in [-0.2, -0.15) is 0 Å². The van der Waals surface area contributed by atoms with Crippen LogP contribution in [0.1, 0.15) is 46.5 Å². The van der Waals surface area contributed by atoms with Crippen LogP contribution in [0, 0.1) is 0 Å². The molecule has 16 heavy (non-hydrogen) atoms. The van der Waals surface area contributed by atoms with Crippen LogP contribution in [0.15, 0.2) is 0 Å². The van der Waals surface area contributed by atoms with Gasteiger partial charge in [0.1, 0.15) is 12.1 Å². The zero-order valence-corrected chi connectivity index (χ0v) is 10.4. The summed E-state index contributed by atoms with van der Waals surface area (Å²) in [5.74, 6) is -0.244. The van der Waals surface area contributed by atoms with Crippen molar-refractivity contribution in [1.82, 2.24) is 4.90 Å². The molecule has 1 heterocycles. The maximum atomic E-state index is 11.6. The van der Waals surface area contributed by atoms with Crippen molar-refractivity contribution >= 4 is 11.9 Å². The summed E-state index contributed by atoms with van der Waals surface area (Å²) in [7, 11) is 0. The van der Waals surface area contributed by atoms with Crippen molar-refractivity contribution < 1.29 is 14.3 Å². The van der Waals surface area contributed by atoms with Gasteiger partial charge in [-0.1, -0.05) is 6.42 Å². The molecule has 0 saturated carbocycles. The van der Waals surface area contributed by atoms with Crippen LogP contribution < -0.4 is 0 Å². The molecule has 0 aromatic heterocycles. The summed E-state index contributed by atoms with van der Waals surface area (Å²) in [5, 5.41) is 0. The maximum absolute atomic E-state index is 11.6. The zero-order chi connectivity index (χ0) is 12.2. The van der Waals surface area contributed by atoms with E-state index in [0.29, 0.717) is 13.0 Å². The maximum Gasteiger partial charge on any atom is 0.326 e. The van der Waals surface area contributed by atoms with Crippen LogP contribution in [0.4, 0.5) is 0 Å². The van der Waals surface area contributed by atoms with Gasteiger partial charge in [0.15, 0.2) is 0 Å². The average molecular weight is 227 g/mol. The minimum Gasteiger partial charge on any atom is -0.459 e. The Labute approximate surface area is 96.9 Å². The molecular formula is C12H21NO3. The molecule has 1 aliphatic rings. The number of ether oxygens (including phenoxy) is 1. The van der Waals surface area contributed by atoms with E-state index in [1.165, 1.54) is 0 Å². The fraction of sp³-hybridized carbons (Fsp3) is 0.833. The van der Waals surface area contributed by atoms with E-state index in [0.717, 1.165) is 19.3 Å². The van der Waals surface area contributed by atoms with E-state index in [1.807, 2.05) is 20.8 Å². The summed E-state index contributed by atoms with van der Waals surface area (Å²) in [4.78, 5) is 24.8. The molecule has 0 N–H and O–H groups in total. The predicted octanol–water partition coefficient (Wildman–Crippen LogP) is 1.73. The van der Waals surface area contributed by atoms with Gasteiger partial charge in [-0.25, -0.2) is 0 Å². The molecule has 4 heteroatoms. The molecule has 1 rings (SSSR count). The highest BCUT2D eigenvalue weighted by atomic mass is 16.6. The summed E-state index contributed by atoms with van der Waals surface area (Å²) >= 11 is 0. The summed E-state index contributed by atoms with van der Waals surface area (Å²) in [6.07, 6.45) is 3.54. The van der Waals surface area contributed by atoms with Crippen molar-refractivity contribution in [2.75, 3.05) is 13.1 Å². The molecule has 0 radical (unpaired) electrons. The van der Waals surface area contributed by atoms with Crippen molar-refractivity contribution in [2.24, 2.45) is 0 Å².